The normalized spacial score (nSPS) is 11.3. The Morgan fingerprint density at radius 2 is 1.18 bits per heavy atom. The van der Waals surface area contributed by atoms with Crippen molar-refractivity contribution in [1.29, 1.82) is 0 Å². The Labute approximate surface area is 130 Å². The van der Waals surface area contributed by atoms with Gasteiger partial charge in [-0.1, -0.05) is 78.9 Å². The maximum Gasteiger partial charge on any atom is 0.0929 e. The third-order valence-electron chi connectivity index (χ3n) is 3.27. The van der Waals surface area contributed by atoms with Crippen molar-refractivity contribution in [1.82, 2.24) is 10.2 Å². The van der Waals surface area contributed by atoms with E-state index in [1.807, 2.05) is 54.6 Å². The van der Waals surface area contributed by atoms with E-state index in [1.165, 1.54) is 0 Å². The van der Waals surface area contributed by atoms with E-state index in [-0.39, 0.29) is 0 Å². The van der Waals surface area contributed by atoms with Crippen LogP contribution >= 0.6 is 0 Å². The van der Waals surface area contributed by atoms with E-state index in [2.05, 4.69) is 46.6 Å². The maximum atomic E-state index is 4.22. The molecule has 0 N–H and O–H groups in total. The minimum Gasteiger partial charge on any atom is -0.159 e. The van der Waals surface area contributed by atoms with Crippen LogP contribution < -0.4 is 0 Å². The van der Waals surface area contributed by atoms with Gasteiger partial charge in [-0.3, -0.25) is 0 Å². The monoisotopic (exact) mass is 284 g/mol. The molecule has 2 nitrogen and oxygen atoms in total. The lowest BCUT2D eigenvalue weighted by Gasteiger charge is -1.99. The molecule has 0 bridgehead atoms. The Kier molecular flexibility index (Phi) is 4.53. The first-order chi connectivity index (χ1) is 10.9. The molecular weight excluding hydrogens is 268 g/mol. The Morgan fingerprint density at radius 3 is 1.82 bits per heavy atom. The van der Waals surface area contributed by atoms with Gasteiger partial charge in [0.2, 0.25) is 0 Å². The van der Waals surface area contributed by atoms with Gasteiger partial charge in [0.15, 0.2) is 0 Å². The standard InChI is InChI=1S/C20H16N2/c1-3-7-17(8-4-1)11-13-19-15-16-21-22-20(19)14-12-18-9-5-2-6-10-18/h1-16H. The molecule has 106 valence electrons. The topological polar surface area (TPSA) is 25.8 Å². The van der Waals surface area contributed by atoms with Gasteiger partial charge in [-0.2, -0.15) is 10.2 Å². The summed E-state index contributed by atoms with van der Waals surface area (Å²) in [6.07, 6.45) is 9.90. The number of rotatable bonds is 4. The maximum absolute atomic E-state index is 4.22. The Hall–Kier alpha value is -3.00. The fourth-order valence-corrected chi connectivity index (χ4v) is 2.11. The average Bonchev–Trinajstić information content (AvgIpc) is 2.61. The lowest BCUT2D eigenvalue weighted by atomic mass is 10.1. The van der Waals surface area contributed by atoms with Crippen LogP contribution in [0.25, 0.3) is 24.3 Å². The molecule has 1 heterocycles. The summed E-state index contributed by atoms with van der Waals surface area (Å²) in [4.78, 5) is 0. The van der Waals surface area contributed by atoms with Gasteiger partial charge in [-0.15, -0.1) is 0 Å². The molecule has 2 heteroatoms. The van der Waals surface area contributed by atoms with E-state index in [1.54, 1.807) is 6.20 Å². The number of hydrogen-bond donors (Lipinski definition) is 0. The van der Waals surface area contributed by atoms with Gasteiger partial charge in [0, 0.05) is 5.56 Å². The van der Waals surface area contributed by atoms with Gasteiger partial charge >= 0.3 is 0 Å². The first-order valence-electron chi connectivity index (χ1n) is 7.20. The van der Waals surface area contributed by atoms with Crippen LogP contribution in [0.4, 0.5) is 0 Å². The van der Waals surface area contributed by atoms with Gasteiger partial charge in [0.25, 0.3) is 0 Å². The van der Waals surface area contributed by atoms with Crippen LogP contribution in [0.2, 0.25) is 0 Å². The molecule has 1 aromatic heterocycles. The Bertz CT molecular complexity index is 707. The second-order valence-electron chi connectivity index (χ2n) is 4.86. The van der Waals surface area contributed by atoms with E-state index in [4.69, 9.17) is 0 Å². The van der Waals surface area contributed by atoms with Crippen LogP contribution in [0.1, 0.15) is 22.4 Å². The van der Waals surface area contributed by atoms with Crippen molar-refractivity contribution in [3.63, 3.8) is 0 Å². The molecule has 0 radical (unpaired) electrons. The SMILES string of the molecule is C(=Cc1ccnnc1C=Cc1ccccc1)c1ccccc1. The first-order valence-corrected chi connectivity index (χ1v) is 7.20. The quantitative estimate of drug-likeness (QED) is 0.686. The molecule has 22 heavy (non-hydrogen) atoms. The molecule has 0 aliphatic carbocycles. The molecule has 0 spiro atoms. The van der Waals surface area contributed by atoms with Crippen molar-refractivity contribution in [3.8, 4) is 0 Å². The van der Waals surface area contributed by atoms with Crippen molar-refractivity contribution < 1.29 is 0 Å². The molecule has 0 unspecified atom stereocenters. The summed E-state index contributed by atoms with van der Waals surface area (Å²) in [6.45, 7) is 0. The minimum absolute atomic E-state index is 0.860. The van der Waals surface area contributed by atoms with Gasteiger partial charge in [-0.05, 0) is 23.3 Å². The smallest absolute Gasteiger partial charge is 0.0929 e. The van der Waals surface area contributed by atoms with Crippen molar-refractivity contribution in [2.45, 2.75) is 0 Å². The van der Waals surface area contributed by atoms with E-state index in [0.717, 1.165) is 22.4 Å². The summed E-state index contributed by atoms with van der Waals surface area (Å²) in [5, 5.41) is 8.20. The minimum atomic E-state index is 0.860. The lowest BCUT2D eigenvalue weighted by molar-refractivity contribution is 1.01. The molecule has 0 saturated carbocycles. The van der Waals surface area contributed by atoms with Crippen LogP contribution in [0.15, 0.2) is 72.9 Å². The highest BCUT2D eigenvalue weighted by molar-refractivity contribution is 5.77. The van der Waals surface area contributed by atoms with E-state index < -0.39 is 0 Å². The number of hydrogen-bond acceptors (Lipinski definition) is 2. The van der Waals surface area contributed by atoms with E-state index in [0.29, 0.717) is 0 Å². The fraction of sp³-hybridized carbons (Fsp3) is 0. The van der Waals surface area contributed by atoms with Gasteiger partial charge in [0.1, 0.15) is 0 Å². The van der Waals surface area contributed by atoms with Crippen LogP contribution in [-0.4, -0.2) is 10.2 Å². The zero-order valence-electron chi connectivity index (χ0n) is 12.1. The lowest BCUT2D eigenvalue weighted by Crippen LogP contribution is -1.89. The summed E-state index contributed by atoms with van der Waals surface area (Å²) in [7, 11) is 0. The average molecular weight is 284 g/mol. The van der Waals surface area contributed by atoms with Crippen molar-refractivity contribution in [3.05, 3.63) is 95.3 Å². The Balaban J connectivity index is 1.84. The van der Waals surface area contributed by atoms with Crippen LogP contribution in [-0.2, 0) is 0 Å². The molecule has 0 amide bonds. The molecule has 2 aromatic carbocycles. The molecule has 3 aromatic rings. The second kappa shape index (κ2) is 7.14. The zero-order valence-corrected chi connectivity index (χ0v) is 12.1. The number of aromatic nitrogens is 2. The molecular formula is C20H16N2. The third-order valence-corrected chi connectivity index (χ3v) is 3.27. The molecule has 0 aliphatic rings. The fourth-order valence-electron chi connectivity index (χ4n) is 2.11. The summed E-state index contributed by atoms with van der Waals surface area (Å²) >= 11 is 0. The summed E-state index contributed by atoms with van der Waals surface area (Å²) in [5.41, 5.74) is 4.22. The van der Waals surface area contributed by atoms with E-state index in [9.17, 15) is 0 Å². The third kappa shape index (κ3) is 3.76. The largest absolute Gasteiger partial charge is 0.159 e. The Morgan fingerprint density at radius 1 is 0.591 bits per heavy atom. The summed E-state index contributed by atoms with van der Waals surface area (Å²) in [5.74, 6) is 0. The second-order valence-corrected chi connectivity index (χ2v) is 4.86. The molecule has 0 atom stereocenters. The molecule has 0 saturated heterocycles. The first kappa shape index (κ1) is 14.0. The molecule has 3 rings (SSSR count). The highest BCUT2D eigenvalue weighted by Crippen LogP contribution is 2.13. The summed E-state index contributed by atoms with van der Waals surface area (Å²) in [6, 6.07) is 22.4. The predicted octanol–water partition coefficient (Wildman–Crippen LogP) is 4.82. The predicted molar refractivity (Wildman–Crippen MR) is 92.8 cm³/mol. The highest BCUT2D eigenvalue weighted by atomic mass is 15.1. The van der Waals surface area contributed by atoms with Crippen molar-refractivity contribution >= 4 is 24.3 Å². The highest BCUT2D eigenvalue weighted by Gasteiger charge is 1.97. The van der Waals surface area contributed by atoms with Crippen LogP contribution in [0, 0.1) is 0 Å². The van der Waals surface area contributed by atoms with Crippen molar-refractivity contribution in [2.75, 3.05) is 0 Å². The molecule has 0 fully saturated rings. The molecule has 0 aliphatic heterocycles. The van der Waals surface area contributed by atoms with Gasteiger partial charge in [0.05, 0.1) is 11.9 Å². The number of nitrogens with zero attached hydrogens (tertiary/aromatic N) is 2. The van der Waals surface area contributed by atoms with Gasteiger partial charge in [-0.25, -0.2) is 0 Å². The van der Waals surface area contributed by atoms with E-state index >= 15 is 0 Å². The van der Waals surface area contributed by atoms with Crippen LogP contribution in [0.3, 0.4) is 0 Å². The van der Waals surface area contributed by atoms with Gasteiger partial charge < -0.3 is 0 Å². The van der Waals surface area contributed by atoms with Crippen molar-refractivity contribution in [2.24, 2.45) is 0 Å². The summed E-state index contributed by atoms with van der Waals surface area (Å²) < 4.78 is 0. The van der Waals surface area contributed by atoms with Crippen LogP contribution in [0.5, 0.6) is 0 Å². The zero-order chi connectivity index (χ0) is 15.0. The number of benzene rings is 2.